The molecule has 4 rings (SSSR count). The largest absolute Gasteiger partial charge is 0.494 e. The zero-order valence-electron chi connectivity index (χ0n) is 18.0. The van der Waals surface area contributed by atoms with Gasteiger partial charge in [0, 0.05) is 23.3 Å². The number of nitrogens with zero attached hydrogens (tertiary/aromatic N) is 1. The minimum Gasteiger partial charge on any atom is -0.494 e. The summed E-state index contributed by atoms with van der Waals surface area (Å²) in [5.74, 6) is -0.498. The normalized spacial score (nSPS) is 13.6. The Hall–Kier alpha value is -3.64. The highest BCUT2D eigenvalue weighted by atomic mass is 35.5. The van der Waals surface area contributed by atoms with Crippen molar-refractivity contribution in [3.8, 4) is 5.75 Å². The van der Waals surface area contributed by atoms with Crippen LogP contribution >= 0.6 is 11.6 Å². The Morgan fingerprint density at radius 1 is 0.970 bits per heavy atom. The smallest absolute Gasteiger partial charge is 0.278 e. The number of benzene rings is 3. The number of carbonyl (C=O) groups excluding carboxylic acids is 2. The highest BCUT2D eigenvalue weighted by Gasteiger charge is 2.39. The van der Waals surface area contributed by atoms with E-state index >= 15 is 0 Å². The number of nitrogens with one attached hydrogen (secondary N) is 1. The number of carbonyl (C=O) groups is 2. The highest BCUT2D eigenvalue weighted by molar-refractivity contribution is 6.36. The van der Waals surface area contributed by atoms with Crippen molar-refractivity contribution >= 4 is 34.7 Å². The number of anilines is 1. The molecule has 33 heavy (non-hydrogen) atoms. The van der Waals surface area contributed by atoms with Crippen LogP contribution in [0.5, 0.6) is 5.75 Å². The minimum atomic E-state index is -0.422. The zero-order chi connectivity index (χ0) is 23.4. The van der Waals surface area contributed by atoms with Gasteiger partial charge in [0.25, 0.3) is 11.8 Å². The van der Waals surface area contributed by atoms with Gasteiger partial charge in [0.15, 0.2) is 0 Å². The Kier molecular flexibility index (Phi) is 6.75. The lowest BCUT2D eigenvalue weighted by Crippen LogP contribution is -2.34. The van der Waals surface area contributed by atoms with E-state index in [2.05, 4.69) is 5.32 Å². The minimum absolute atomic E-state index is 0.171. The van der Waals surface area contributed by atoms with Crippen molar-refractivity contribution in [3.63, 3.8) is 0 Å². The average Bonchev–Trinajstić information content (AvgIpc) is 3.04. The molecule has 3 aromatic rings. The van der Waals surface area contributed by atoms with Gasteiger partial charge in [-0.1, -0.05) is 41.9 Å². The standard InChI is InChI=1S/C26H22ClFN2O3/c1-2-33-22-5-3-4-21(16-22)29-24-23(18-8-10-19(27)11-9-18)25(31)30(26(24)32)15-14-17-6-12-20(28)13-7-17/h3-13,16,29H,2,14-15H2,1H3. The van der Waals surface area contributed by atoms with Gasteiger partial charge in [0.05, 0.1) is 12.2 Å². The first-order valence-electron chi connectivity index (χ1n) is 10.6. The van der Waals surface area contributed by atoms with Crippen molar-refractivity contribution in [3.05, 3.63) is 100 Å². The first-order valence-corrected chi connectivity index (χ1v) is 10.9. The maximum atomic E-state index is 13.3. The molecule has 0 aliphatic carbocycles. The SMILES string of the molecule is CCOc1cccc(NC2=C(c3ccc(Cl)cc3)C(=O)N(CCc3ccc(F)cc3)C2=O)c1. The third-order valence-electron chi connectivity index (χ3n) is 5.25. The van der Waals surface area contributed by atoms with E-state index < -0.39 is 11.8 Å². The lowest BCUT2D eigenvalue weighted by atomic mass is 10.0. The molecular weight excluding hydrogens is 443 g/mol. The first kappa shape index (κ1) is 22.6. The van der Waals surface area contributed by atoms with Crippen molar-refractivity contribution < 1.29 is 18.7 Å². The van der Waals surface area contributed by atoms with E-state index in [1.165, 1.54) is 17.0 Å². The molecule has 7 heteroatoms. The van der Waals surface area contributed by atoms with Crippen LogP contribution in [0.15, 0.2) is 78.5 Å². The number of imide groups is 1. The van der Waals surface area contributed by atoms with Crippen molar-refractivity contribution in [2.75, 3.05) is 18.5 Å². The second-order valence-corrected chi connectivity index (χ2v) is 7.92. The van der Waals surface area contributed by atoms with Crippen molar-refractivity contribution in [1.82, 2.24) is 4.90 Å². The summed E-state index contributed by atoms with van der Waals surface area (Å²) < 4.78 is 18.7. The molecule has 2 amide bonds. The van der Waals surface area contributed by atoms with Crippen molar-refractivity contribution in [2.45, 2.75) is 13.3 Å². The van der Waals surface area contributed by atoms with E-state index in [9.17, 15) is 14.0 Å². The predicted molar refractivity (Wildman–Crippen MR) is 126 cm³/mol. The number of hydrogen-bond acceptors (Lipinski definition) is 4. The van der Waals surface area contributed by atoms with E-state index in [4.69, 9.17) is 16.3 Å². The van der Waals surface area contributed by atoms with Crippen LogP contribution in [0.3, 0.4) is 0 Å². The summed E-state index contributed by atoms with van der Waals surface area (Å²) in [6.45, 7) is 2.57. The summed E-state index contributed by atoms with van der Waals surface area (Å²) in [7, 11) is 0. The van der Waals surface area contributed by atoms with Gasteiger partial charge in [0.2, 0.25) is 0 Å². The van der Waals surface area contributed by atoms with Crippen molar-refractivity contribution in [2.24, 2.45) is 0 Å². The molecule has 3 aromatic carbocycles. The van der Waals surface area contributed by atoms with E-state index in [0.717, 1.165) is 5.56 Å². The fraction of sp³-hybridized carbons (Fsp3) is 0.154. The fourth-order valence-corrected chi connectivity index (χ4v) is 3.77. The van der Waals surface area contributed by atoms with Crippen LogP contribution in [-0.2, 0) is 16.0 Å². The second-order valence-electron chi connectivity index (χ2n) is 7.48. The number of hydrogen-bond donors (Lipinski definition) is 1. The van der Waals surface area contributed by atoms with E-state index in [-0.39, 0.29) is 23.6 Å². The molecule has 1 N–H and O–H groups in total. The summed E-state index contributed by atoms with van der Waals surface area (Å²) >= 11 is 6.02. The van der Waals surface area contributed by atoms with Gasteiger partial charge in [-0.25, -0.2) is 4.39 Å². The summed E-state index contributed by atoms with van der Waals surface area (Å²) in [4.78, 5) is 27.9. The summed E-state index contributed by atoms with van der Waals surface area (Å²) in [6, 6.07) is 20.0. The van der Waals surface area contributed by atoms with Crippen LogP contribution in [0.25, 0.3) is 5.57 Å². The van der Waals surface area contributed by atoms with Gasteiger partial charge in [-0.05, 0) is 60.9 Å². The van der Waals surface area contributed by atoms with Crippen LogP contribution in [0, 0.1) is 5.82 Å². The second kappa shape index (κ2) is 9.88. The quantitative estimate of drug-likeness (QED) is 0.459. The van der Waals surface area contributed by atoms with Crippen LogP contribution in [0.2, 0.25) is 5.02 Å². The van der Waals surface area contributed by atoms with Gasteiger partial charge in [0.1, 0.15) is 17.3 Å². The monoisotopic (exact) mass is 464 g/mol. The number of halogens is 2. The Labute approximate surface area is 196 Å². The molecule has 0 aromatic heterocycles. The number of rotatable bonds is 8. The number of amides is 2. The Bertz CT molecular complexity index is 1210. The van der Waals surface area contributed by atoms with Gasteiger partial charge in [-0.15, -0.1) is 0 Å². The lowest BCUT2D eigenvalue weighted by molar-refractivity contribution is -0.136. The maximum absolute atomic E-state index is 13.3. The molecule has 0 radical (unpaired) electrons. The van der Waals surface area contributed by atoms with Crippen LogP contribution < -0.4 is 10.1 Å². The van der Waals surface area contributed by atoms with E-state index in [1.54, 1.807) is 48.5 Å². The summed E-state index contributed by atoms with van der Waals surface area (Å²) in [5.41, 5.74) is 2.51. The van der Waals surface area contributed by atoms with Crippen LogP contribution in [-0.4, -0.2) is 29.9 Å². The molecule has 0 saturated carbocycles. The maximum Gasteiger partial charge on any atom is 0.278 e. The average molecular weight is 465 g/mol. The molecule has 1 aliphatic heterocycles. The third kappa shape index (κ3) is 5.07. The zero-order valence-corrected chi connectivity index (χ0v) is 18.7. The molecule has 0 spiro atoms. The molecule has 5 nitrogen and oxygen atoms in total. The molecule has 0 saturated heterocycles. The van der Waals surface area contributed by atoms with Gasteiger partial charge >= 0.3 is 0 Å². The van der Waals surface area contributed by atoms with Crippen LogP contribution in [0.4, 0.5) is 10.1 Å². The Morgan fingerprint density at radius 3 is 2.39 bits per heavy atom. The summed E-state index contributed by atoms with van der Waals surface area (Å²) in [5, 5.41) is 3.65. The number of ether oxygens (including phenoxy) is 1. The first-order chi connectivity index (χ1) is 16.0. The predicted octanol–water partition coefficient (Wildman–Crippen LogP) is 5.31. The Morgan fingerprint density at radius 2 is 1.70 bits per heavy atom. The molecule has 0 bridgehead atoms. The van der Waals surface area contributed by atoms with Crippen LogP contribution in [0.1, 0.15) is 18.1 Å². The van der Waals surface area contributed by atoms with E-state index in [0.29, 0.717) is 35.1 Å². The molecule has 168 valence electrons. The van der Waals surface area contributed by atoms with Gasteiger partial charge in [-0.2, -0.15) is 0 Å². The highest BCUT2D eigenvalue weighted by Crippen LogP contribution is 2.32. The molecule has 0 unspecified atom stereocenters. The fourth-order valence-electron chi connectivity index (χ4n) is 3.65. The molecule has 1 heterocycles. The Balaban J connectivity index is 1.65. The topological polar surface area (TPSA) is 58.6 Å². The summed E-state index contributed by atoms with van der Waals surface area (Å²) in [6.07, 6.45) is 0.415. The molecule has 1 aliphatic rings. The van der Waals surface area contributed by atoms with Crippen molar-refractivity contribution in [1.29, 1.82) is 0 Å². The molecule has 0 fully saturated rings. The molecule has 0 atom stereocenters. The lowest BCUT2D eigenvalue weighted by Gasteiger charge is -2.15. The van der Waals surface area contributed by atoms with E-state index in [1.807, 2.05) is 19.1 Å². The van der Waals surface area contributed by atoms with Gasteiger partial charge < -0.3 is 10.1 Å². The third-order valence-corrected chi connectivity index (χ3v) is 5.50. The van der Waals surface area contributed by atoms with Gasteiger partial charge in [-0.3, -0.25) is 14.5 Å². The molecular formula is C26H22ClFN2O3.